The van der Waals surface area contributed by atoms with E-state index in [0.717, 1.165) is 16.3 Å². The number of rotatable bonds is 4. The van der Waals surface area contributed by atoms with Crippen LogP contribution in [0.5, 0.6) is 0 Å². The summed E-state index contributed by atoms with van der Waals surface area (Å²) in [4.78, 5) is 14.5. The molecule has 0 bridgehead atoms. The van der Waals surface area contributed by atoms with Crippen molar-refractivity contribution in [1.29, 1.82) is 0 Å². The van der Waals surface area contributed by atoms with Gasteiger partial charge in [-0.25, -0.2) is 4.79 Å². The van der Waals surface area contributed by atoms with Crippen molar-refractivity contribution in [2.75, 3.05) is 6.61 Å². The van der Waals surface area contributed by atoms with Crippen LogP contribution in [0.3, 0.4) is 0 Å². The Kier molecular flexibility index (Phi) is 3.94. The van der Waals surface area contributed by atoms with Crippen molar-refractivity contribution >= 4 is 16.7 Å². The normalized spacial score (nSPS) is 12.3. The molecule has 3 aromatic rings. The summed E-state index contributed by atoms with van der Waals surface area (Å²) < 4.78 is 4.95. The summed E-state index contributed by atoms with van der Waals surface area (Å²) in [6.45, 7) is 2.08. The number of aromatic amines is 1. The molecule has 112 valence electrons. The number of carbonyl (C=O) groups is 1. The predicted octanol–water partition coefficient (Wildman–Crippen LogP) is 3.43. The lowest BCUT2D eigenvalue weighted by Gasteiger charge is -2.12. The van der Waals surface area contributed by atoms with E-state index in [4.69, 9.17) is 4.74 Å². The van der Waals surface area contributed by atoms with Gasteiger partial charge in [0.1, 0.15) is 11.8 Å². The number of benzene rings is 2. The van der Waals surface area contributed by atoms with Crippen LogP contribution >= 0.6 is 0 Å². The number of carbonyl (C=O) groups excluding carboxylic acids is 1. The molecule has 0 amide bonds. The first-order valence-corrected chi connectivity index (χ1v) is 7.22. The minimum Gasteiger partial charge on any atom is -0.461 e. The predicted molar refractivity (Wildman–Crippen MR) is 84.8 cm³/mol. The maximum Gasteiger partial charge on any atom is 0.354 e. The highest BCUT2D eigenvalue weighted by atomic mass is 16.5. The molecule has 0 aliphatic rings. The van der Waals surface area contributed by atoms with Gasteiger partial charge < -0.3 is 14.8 Å². The van der Waals surface area contributed by atoms with Gasteiger partial charge in [0.05, 0.1) is 6.61 Å². The first-order chi connectivity index (χ1) is 10.7. The molecule has 3 rings (SSSR count). The molecule has 1 atom stereocenters. The number of aromatic nitrogens is 1. The van der Waals surface area contributed by atoms with Crippen LogP contribution in [0, 0.1) is 0 Å². The molecule has 4 nitrogen and oxygen atoms in total. The molecule has 2 N–H and O–H groups in total. The molecule has 0 spiro atoms. The maximum absolute atomic E-state index is 11.7. The summed E-state index contributed by atoms with van der Waals surface area (Å²) in [5, 5.41) is 12.7. The summed E-state index contributed by atoms with van der Waals surface area (Å²) >= 11 is 0. The van der Waals surface area contributed by atoms with Crippen molar-refractivity contribution in [2.24, 2.45) is 0 Å². The molecule has 0 saturated carbocycles. The van der Waals surface area contributed by atoms with E-state index in [-0.39, 0.29) is 0 Å². The third-order valence-corrected chi connectivity index (χ3v) is 3.63. The Labute approximate surface area is 128 Å². The number of aliphatic hydroxyl groups excluding tert-OH is 1. The quantitative estimate of drug-likeness (QED) is 0.725. The fourth-order valence-corrected chi connectivity index (χ4v) is 2.56. The Morgan fingerprint density at radius 1 is 1.23 bits per heavy atom. The number of ether oxygens (including phenoxy) is 1. The van der Waals surface area contributed by atoms with Crippen LogP contribution in [0.15, 0.2) is 54.7 Å². The number of fused-ring (bicyclic) bond motifs is 1. The third-order valence-electron chi connectivity index (χ3n) is 3.63. The first kappa shape index (κ1) is 14.4. The summed E-state index contributed by atoms with van der Waals surface area (Å²) in [5.74, 6) is -0.418. The minimum absolute atomic E-state index is 0.319. The Bertz CT molecular complexity index is 801. The second kappa shape index (κ2) is 6.03. The van der Waals surface area contributed by atoms with Gasteiger partial charge >= 0.3 is 5.97 Å². The zero-order chi connectivity index (χ0) is 15.5. The number of esters is 1. The lowest BCUT2D eigenvalue weighted by molar-refractivity contribution is 0.0520. The van der Waals surface area contributed by atoms with Crippen LogP contribution in [-0.4, -0.2) is 22.7 Å². The number of hydrogen-bond donors (Lipinski definition) is 2. The highest BCUT2D eigenvalue weighted by Gasteiger charge is 2.17. The van der Waals surface area contributed by atoms with Gasteiger partial charge in [0.15, 0.2) is 0 Å². The summed E-state index contributed by atoms with van der Waals surface area (Å²) in [6, 6.07) is 15.3. The monoisotopic (exact) mass is 295 g/mol. The summed E-state index contributed by atoms with van der Waals surface area (Å²) in [7, 11) is 0. The Morgan fingerprint density at radius 2 is 2.00 bits per heavy atom. The minimum atomic E-state index is -0.800. The second-order valence-electron chi connectivity index (χ2n) is 5.04. The standard InChI is InChI=1S/C18H17NO3/c1-2-22-18(21)16-10-13(11-19-16)17(20)15-9-5-7-12-6-3-4-8-14(12)15/h3-11,17,19-20H,2H2,1H3. The van der Waals surface area contributed by atoms with Gasteiger partial charge in [0.2, 0.25) is 0 Å². The smallest absolute Gasteiger partial charge is 0.354 e. The molecule has 4 heteroatoms. The molecular weight excluding hydrogens is 278 g/mol. The zero-order valence-electron chi connectivity index (χ0n) is 12.2. The average Bonchev–Trinajstić information content (AvgIpc) is 3.04. The molecule has 1 unspecified atom stereocenters. The van der Waals surface area contributed by atoms with Crippen LogP contribution in [0.4, 0.5) is 0 Å². The molecule has 1 aromatic heterocycles. The fraction of sp³-hybridized carbons (Fsp3) is 0.167. The Hall–Kier alpha value is -2.59. The van der Waals surface area contributed by atoms with Gasteiger partial charge in [-0.2, -0.15) is 0 Å². The van der Waals surface area contributed by atoms with Crippen molar-refractivity contribution in [3.05, 3.63) is 71.5 Å². The summed E-state index contributed by atoms with van der Waals surface area (Å²) in [5.41, 5.74) is 1.79. The lowest BCUT2D eigenvalue weighted by atomic mass is 9.97. The molecule has 0 radical (unpaired) electrons. The van der Waals surface area contributed by atoms with Gasteiger partial charge in [-0.1, -0.05) is 42.5 Å². The van der Waals surface area contributed by atoms with E-state index in [9.17, 15) is 9.90 Å². The van der Waals surface area contributed by atoms with Crippen molar-refractivity contribution in [1.82, 2.24) is 4.98 Å². The van der Waals surface area contributed by atoms with Gasteiger partial charge in [0, 0.05) is 11.8 Å². The fourth-order valence-electron chi connectivity index (χ4n) is 2.56. The molecule has 0 aliphatic carbocycles. The van der Waals surface area contributed by atoms with E-state index in [1.807, 2.05) is 42.5 Å². The van der Waals surface area contributed by atoms with Gasteiger partial charge in [-0.15, -0.1) is 0 Å². The first-order valence-electron chi connectivity index (χ1n) is 7.22. The van der Waals surface area contributed by atoms with E-state index in [0.29, 0.717) is 17.9 Å². The van der Waals surface area contributed by atoms with Crippen molar-refractivity contribution in [2.45, 2.75) is 13.0 Å². The maximum atomic E-state index is 11.7. The average molecular weight is 295 g/mol. The van der Waals surface area contributed by atoms with E-state index in [1.54, 1.807) is 19.2 Å². The van der Waals surface area contributed by atoms with Gasteiger partial charge in [-0.05, 0) is 29.3 Å². The van der Waals surface area contributed by atoms with Crippen LogP contribution in [0.2, 0.25) is 0 Å². The molecule has 22 heavy (non-hydrogen) atoms. The number of H-pyrrole nitrogens is 1. The van der Waals surface area contributed by atoms with Crippen molar-refractivity contribution in [3.63, 3.8) is 0 Å². The second-order valence-corrected chi connectivity index (χ2v) is 5.04. The van der Waals surface area contributed by atoms with Crippen LogP contribution in [0.1, 0.15) is 34.6 Å². The molecule has 0 saturated heterocycles. The van der Waals surface area contributed by atoms with Crippen LogP contribution in [0.25, 0.3) is 10.8 Å². The number of hydrogen-bond acceptors (Lipinski definition) is 3. The third kappa shape index (κ3) is 2.61. The van der Waals surface area contributed by atoms with E-state index < -0.39 is 12.1 Å². The van der Waals surface area contributed by atoms with E-state index >= 15 is 0 Å². The van der Waals surface area contributed by atoms with Crippen LogP contribution in [-0.2, 0) is 4.74 Å². The van der Waals surface area contributed by atoms with Crippen molar-refractivity contribution in [3.8, 4) is 0 Å². The van der Waals surface area contributed by atoms with E-state index in [2.05, 4.69) is 4.98 Å². The molecule has 2 aromatic carbocycles. The molecule has 0 fully saturated rings. The SMILES string of the molecule is CCOC(=O)c1cc(C(O)c2cccc3ccccc23)c[nH]1. The summed E-state index contributed by atoms with van der Waals surface area (Å²) in [6.07, 6.45) is 0.837. The highest BCUT2D eigenvalue weighted by Crippen LogP contribution is 2.29. The number of aliphatic hydroxyl groups is 1. The Morgan fingerprint density at radius 3 is 2.82 bits per heavy atom. The topological polar surface area (TPSA) is 62.3 Å². The molecule has 0 aliphatic heterocycles. The van der Waals surface area contributed by atoms with Gasteiger partial charge in [-0.3, -0.25) is 0 Å². The van der Waals surface area contributed by atoms with Gasteiger partial charge in [0.25, 0.3) is 0 Å². The molecular formula is C18H17NO3. The largest absolute Gasteiger partial charge is 0.461 e. The van der Waals surface area contributed by atoms with Crippen molar-refractivity contribution < 1.29 is 14.6 Å². The Balaban J connectivity index is 1.96. The highest BCUT2D eigenvalue weighted by molar-refractivity contribution is 5.88. The lowest BCUT2D eigenvalue weighted by Crippen LogP contribution is -2.04. The van der Waals surface area contributed by atoms with Crippen LogP contribution < -0.4 is 0 Å². The molecule has 1 heterocycles. The van der Waals surface area contributed by atoms with E-state index in [1.165, 1.54) is 0 Å². The number of nitrogens with one attached hydrogen (secondary N) is 1. The zero-order valence-corrected chi connectivity index (χ0v) is 12.2.